The van der Waals surface area contributed by atoms with Gasteiger partial charge in [0, 0.05) is 17.5 Å². The van der Waals surface area contributed by atoms with Gasteiger partial charge in [-0.25, -0.2) is 22.8 Å². The second kappa shape index (κ2) is 14.2. The van der Waals surface area contributed by atoms with Crippen molar-refractivity contribution in [2.45, 2.75) is 31.5 Å². The van der Waals surface area contributed by atoms with Crippen LogP contribution in [0.5, 0.6) is 5.75 Å². The quantitative estimate of drug-likeness (QED) is 0.0310. The zero-order valence-corrected chi connectivity index (χ0v) is 26.8. The van der Waals surface area contributed by atoms with Crippen LogP contribution in [0.2, 0.25) is 0 Å². The van der Waals surface area contributed by atoms with Gasteiger partial charge in [-0.3, -0.25) is 14.9 Å². The van der Waals surface area contributed by atoms with Gasteiger partial charge in [0.1, 0.15) is 30.3 Å². The summed E-state index contributed by atoms with van der Waals surface area (Å²) in [6, 6.07) is 5.40. The number of ether oxygens (including phenoxy) is 1. The average molecular weight is 694 g/mol. The number of carbonyl (C=O) groups excluding carboxylic acids is 2. The molecule has 2 amide bonds. The number of aryl methyl sites for hydroxylation is 1. The molecule has 0 aliphatic carbocycles. The Labute approximate surface area is 272 Å². The van der Waals surface area contributed by atoms with Gasteiger partial charge in [0.25, 0.3) is 17.9 Å². The first-order valence-corrected chi connectivity index (χ1v) is 15.8. The van der Waals surface area contributed by atoms with Gasteiger partial charge >= 0.3 is 11.9 Å². The predicted octanol–water partition coefficient (Wildman–Crippen LogP) is -1.27. The largest absolute Gasteiger partial charge is 0.724 e. The van der Waals surface area contributed by atoms with Crippen LogP contribution in [-0.4, -0.2) is 94.0 Å². The third kappa shape index (κ3) is 8.45. The Morgan fingerprint density at radius 2 is 1.98 bits per heavy atom. The fourth-order valence-corrected chi connectivity index (χ4v) is 5.22. The first-order valence-electron chi connectivity index (χ1n) is 13.6. The van der Waals surface area contributed by atoms with Crippen molar-refractivity contribution < 1.29 is 50.9 Å². The Bertz CT molecular complexity index is 1780. The fraction of sp³-hybridized carbons (Fsp3) is 0.346. The lowest BCUT2D eigenvalue weighted by Gasteiger charge is -2.51. The molecule has 1 aromatic carbocycles. The fourth-order valence-electron chi connectivity index (χ4n) is 4.22. The number of nitrogens with two attached hydrogens (primary N) is 2. The predicted molar refractivity (Wildman–Crippen MR) is 163 cm³/mol. The van der Waals surface area contributed by atoms with Crippen molar-refractivity contribution in [1.29, 1.82) is 0 Å². The van der Waals surface area contributed by atoms with Crippen molar-refractivity contribution >= 4 is 56.3 Å². The van der Waals surface area contributed by atoms with E-state index in [1.807, 2.05) is 17.8 Å². The lowest BCUT2D eigenvalue weighted by atomic mass is 9.84. The summed E-state index contributed by atoms with van der Waals surface area (Å²) in [6.45, 7) is 3.17. The molecular weight excluding hydrogens is 662 g/mol. The number of β-lactam (4-membered cyclic amide) rings is 1. The van der Waals surface area contributed by atoms with E-state index in [2.05, 4.69) is 30.0 Å². The summed E-state index contributed by atoms with van der Waals surface area (Å²) in [5.41, 5.74) is 10.7. The van der Waals surface area contributed by atoms with E-state index < -0.39 is 58.2 Å². The van der Waals surface area contributed by atoms with E-state index in [0.717, 1.165) is 22.5 Å². The number of nitrogen functional groups attached to an aromatic ring is 1. The maximum absolute atomic E-state index is 13.2. The van der Waals surface area contributed by atoms with E-state index in [0.29, 0.717) is 29.9 Å². The number of carbonyl (C=O) groups is 3. The Morgan fingerprint density at radius 3 is 2.53 bits per heavy atom. The van der Waals surface area contributed by atoms with Crippen LogP contribution in [0.4, 0.5) is 11.1 Å². The van der Waals surface area contributed by atoms with Crippen LogP contribution in [0.3, 0.4) is 0 Å². The normalized spacial score (nSPS) is 16.6. The first kappa shape index (κ1) is 34.9. The van der Waals surface area contributed by atoms with Crippen molar-refractivity contribution in [2.75, 3.05) is 30.7 Å². The molecule has 0 spiro atoms. The second-order valence-corrected chi connectivity index (χ2v) is 12.3. The lowest BCUT2D eigenvalue weighted by molar-refractivity contribution is -0.659. The van der Waals surface area contributed by atoms with E-state index in [-0.39, 0.29) is 10.8 Å². The summed E-state index contributed by atoms with van der Waals surface area (Å²) in [5.74, 6) is -2.58. The Morgan fingerprint density at radius 1 is 1.28 bits per heavy atom. The number of thiazole rings is 1. The molecule has 1 fully saturated rings. The van der Waals surface area contributed by atoms with E-state index in [4.69, 9.17) is 21.0 Å². The molecule has 252 valence electrons. The summed E-state index contributed by atoms with van der Waals surface area (Å²) >= 11 is 0.948. The van der Waals surface area contributed by atoms with Crippen LogP contribution in [0.15, 0.2) is 47.2 Å². The number of nitrogens with one attached hydrogen (secondary N) is 2. The van der Waals surface area contributed by atoms with Crippen molar-refractivity contribution in [3.05, 3.63) is 47.7 Å². The summed E-state index contributed by atoms with van der Waals surface area (Å²) < 4.78 is 44.5. The molecule has 47 heavy (non-hydrogen) atoms. The summed E-state index contributed by atoms with van der Waals surface area (Å²) in [5, 5.41) is 20.6. The van der Waals surface area contributed by atoms with Gasteiger partial charge in [0.15, 0.2) is 10.8 Å². The number of carboxylic acid groups (broad SMARTS) is 1. The third-order valence-electron chi connectivity index (χ3n) is 6.65. The Hall–Kier alpha value is -4.96. The van der Waals surface area contributed by atoms with E-state index in [9.17, 15) is 32.5 Å². The van der Waals surface area contributed by atoms with Gasteiger partial charge < -0.3 is 36.0 Å². The molecule has 3 heterocycles. The number of hydrogen-bond donors (Lipinski definition) is 5. The number of hydrogen-bond acceptors (Lipinski definition) is 16. The van der Waals surface area contributed by atoms with Gasteiger partial charge in [-0.15, -0.1) is 11.3 Å². The van der Waals surface area contributed by atoms with Crippen LogP contribution >= 0.6 is 11.3 Å². The minimum Gasteiger partial charge on any atom is -0.724 e. The van der Waals surface area contributed by atoms with Crippen molar-refractivity contribution in [3.63, 3.8) is 0 Å². The van der Waals surface area contributed by atoms with E-state index in [1.54, 1.807) is 30.5 Å². The molecule has 3 aromatic rings. The van der Waals surface area contributed by atoms with Gasteiger partial charge in [-0.05, 0) is 31.5 Å². The number of oxime groups is 1. The molecule has 19 nitrogen and oxygen atoms in total. The average Bonchev–Trinajstić information content (AvgIpc) is 3.44. The topological polar surface area (TPSA) is 278 Å². The molecule has 1 saturated heterocycles. The number of anilines is 2. The molecule has 0 saturated carbocycles. The minimum absolute atomic E-state index is 0.0473. The zero-order valence-electron chi connectivity index (χ0n) is 25.1. The highest BCUT2D eigenvalue weighted by Crippen LogP contribution is 2.33. The molecule has 1 unspecified atom stereocenters. The van der Waals surface area contributed by atoms with Gasteiger partial charge in [0.05, 0.1) is 25.3 Å². The van der Waals surface area contributed by atoms with Crippen LogP contribution in [0.1, 0.15) is 19.5 Å². The van der Waals surface area contributed by atoms with Crippen molar-refractivity contribution in [2.24, 2.45) is 17.9 Å². The van der Waals surface area contributed by atoms with Crippen LogP contribution in [0, 0.1) is 0 Å². The number of amides is 2. The minimum atomic E-state index is -5.27. The molecule has 2 atom stereocenters. The summed E-state index contributed by atoms with van der Waals surface area (Å²) in [6.07, 6.45) is 1.87. The van der Waals surface area contributed by atoms with E-state index in [1.165, 1.54) is 19.2 Å². The molecule has 1 aliphatic rings. The van der Waals surface area contributed by atoms with Crippen LogP contribution in [0.25, 0.3) is 11.1 Å². The van der Waals surface area contributed by atoms with Gasteiger partial charge in [0.2, 0.25) is 10.4 Å². The molecule has 0 bridgehead atoms. The third-order valence-corrected chi connectivity index (χ3v) is 7.66. The number of carboxylic acids is 1. The lowest BCUT2D eigenvalue weighted by Crippen LogP contribution is -2.76. The monoisotopic (exact) mass is 693 g/mol. The second-order valence-electron chi connectivity index (χ2n) is 10.4. The van der Waals surface area contributed by atoms with E-state index >= 15 is 0 Å². The smallest absolute Gasteiger partial charge is 0.391 e. The molecule has 21 heteroatoms. The van der Waals surface area contributed by atoms with Gasteiger partial charge in [-0.2, -0.15) is 9.35 Å². The maximum Gasteiger partial charge on any atom is 0.391 e. The van der Waals surface area contributed by atoms with Crippen molar-refractivity contribution in [3.8, 4) is 16.9 Å². The Kier molecular flexibility index (Phi) is 10.6. The first-order chi connectivity index (χ1) is 22.1. The van der Waals surface area contributed by atoms with Gasteiger partial charge in [-0.1, -0.05) is 22.3 Å². The number of rotatable bonds is 15. The zero-order chi connectivity index (χ0) is 34.5. The Balaban J connectivity index is 1.44. The van der Waals surface area contributed by atoms with Crippen LogP contribution < -0.4 is 31.4 Å². The SMILES string of the molecule is C[n+]1cc(-c2ccc(OC[C@H](O/N=C(\C(=O)NC3C(=O)N(OS(=O)(=O)[O-])C3(C)C)c3csc(N)n3)C(=O)O)cc2)cnc1NCCN. The number of nitrogens with zero attached hydrogens (tertiary/aromatic N) is 5. The molecule has 7 N–H and O–H groups in total. The maximum atomic E-state index is 13.2. The highest BCUT2D eigenvalue weighted by molar-refractivity contribution is 7.80. The summed E-state index contributed by atoms with van der Waals surface area (Å²) in [7, 11) is -3.43. The number of aromatic nitrogens is 3. The molecule has 0 radical (unpaired) electrons. The summed E-state index contributed by atoms with van der Waals surface area (Å²) in [4.78, 5) is 51.1. The molecule has 4 rings (SSSR count). The molecule has 2 aromatic heterocycles. The number of hydroxylamine groups is 2. The van der Waals surface area contributed by atoms with Crippen molar-refractivity contribution in [1.82, 2.24) is 20.3 Å². The van der Waals surface area contributed by atoms with Crippen LogP contribution in [-0.2, 0) is 41.0 Å². The number of benzene rings is 1. The number of aliphatic carboxylic acids is 1. The molecular formula is C26H31N9O10S2. The standard InChI is InChI=1S/C26H31N9O10S2/c1-26(2)20(22(37)35(26)45-47(40,41)42)32-21(36)19(17-13-46-24(28)31-17)33-44-18(23(38)39)12-43-16-6-4-14(5-7-16)15-10-30-25(29-9-8-27)34(3)11-15/h4-7,10-11,13,18,20H,8-9,12,27H2,1-3H3,(H5,28,31,32,36,38,39,40,41,42)/b33-19-/t18-,20?/m0/s1. The molecule has 1 aliphatic heterocycles. The highest BCUT2D eigenvalue weighted by atomic mass is 32.3. The highest BCUT2D eigenvalue weighted by Gasteiger charge is 2.57.